The molecule has 0 bridgehead atoms. The molecule has 1 N–H and O–H groups in total. The van der Waals surface area contributed by atoms with Crippen LogP contribution in [0.4, 0.5) is 5.69 Å². The number of likely N-dealkylation sites (tertiary alicyclic amines) is 1. The zero-order valence-electron chi connectivity index (χ0n) is 11.5. The minimum atomic E-state index is 0. The van der Waals surface area contributed by atoms with Crippen molar-refractivity contribution in [3.8, 4) is 0 Å². The van der Waals surface area contributed by atoms with Crippen molar-refractivity contribution >= 4 is 24.0 Å². The Morgan fingerprint density at radius 1 is 1.32 bits per heavy atom. The average Bonchev–Trinajstić information content (AvgIpc) is 2.45. The van der Waals surface area contributed by atoms with Crippen molar-refractivity contribution < 1.29 is 4.79 Å². The molecule has 0 saturated carbocycles. The zero-order chi connectivity index (χ0) is 12.8. The minimum Gasteiger partial charge on any atom is -0.376 e. The van der Waals surface area contributed by atoms with Crippen molar-refractivity contribution in [1.82, 2.24) is 4.90 Å². The van der Waals surface area contributed by atoms with Crippen LogP contribution >= 0.6 is 12.4 Å². The maximum atomic E-state index is 12.2. The van der Waals surface area contributed by atoms with Crippen LogP contribution in [0.15, 0.2) is 30.3 Å². The van der Waals surface area contributed by atoms with Crippen LogP contribution in [0.1, 0.15) is 32.6 Å². The summed E-state index contributed by atoms with van der Waals surface area (Å²) >= 11 is 0. The van der Waals surface area contributed by atoms with Crippen LogP contribution in [0.5, 0.6) is 0 Å². The van der Waals surface area contributed by atoms with E-state index in [-0.39, 0.29) is 18.3 Å². The molecule has 0 aliphatic carbocycles. The fourth-order valence-corrected chi connectivity index (χ4v) is 2.59. The number of anilines is 1. The van der Waals surface area contributed by atoms with Gasteiger partial charge in [-0.15, -0.1) is 12.4 Å². The molecule has 1 aromatic carbocycles. The zero-order valence-corrected chi connectivity index (χ0v) is 12.3. The molecular formula is C15H23ClN2O. The standard InChI is InChI=1S/C15H22N2O.ClH/c1-2-14-10-6-7-11-17(14)15(18)12-16-13-8-4-3-5-9-13;/h3-5,8-9,14,16H,2,6-7,10-12H2,1H3;1H. The number of amides is 1. The van der Waals surface area contributed by atoms with E-state index >= 15 is 0 Å². The van der Waals surface area contributed by atoms with E-state index in [0.29, 0.717) is 12.6 Å². The number of carbonyl (C=O) groups excluding carboxylic acids is 1. The second-order valence-electron chi connectivity index (χ2n) is 4.86. The number of halogens is 1. The molecular weight excluding hydrogens is 260 g/mol. The van der Waals surface area contributed by atoms with E-state index in [1.807, 2.05) is 30.3 Å². The van der Waals surface area contributed by atoms with Gasteiger partial charge in [0.2, 0.25) is 5.91 Å². The highest BCUT2D eigenvalue weighted by molar-refractivity contribution is 5.85. The molecule has 0 aromatic heterocycles. The highest BCUT2D eigenvalue weighted by Gasteiger charge is 2.24. The van der Waals surface area contributed by atoms with E-state index < -0.39 is 0 Å². The summed E-state index contributed by atoms with van der Waals surface area (Å²) in [5, 5.41) is 3.20. The van der Waals surface area contributed by atoms with Crippen LogP contribution < -0.4 is 5.32 Å². The highest BCUT2D eigenvalue weighted by atomic mass is 35.5. The summed E-state index contributed by atoms with van der Waals surface area (Å²) in [7, 11) is 0. The van der Waals surface area contributed by atoms with E-state index in [4.69, 9.17) is 0 Å². The molecule has 1 fully saturated rings. The number of nitrogens with zero attached hydrogens (tertiary/aromatic N) is 1. The first-order valence-corrected chi connectivity index (χ1v) is 6.89. The molecule has 1 heterocycles. The summed E-state index contributed by atoms with van der Waals surface area (Å²) in [6, 6.07) is 10.3. The molecule has 1 unspecified atom stereocenters. The number of hydrogen-bond acceptors (Lipinski definition) is 2. The Balaban J connectivity index is 0.00000180. The van der Waals surface area contributed by atoms with Gasteiger partial charge < -0.3 is 10.2 Å². The van der Waals surface area contributed by atoms with Crippen molar-refractivity contribution in [1.29, 1.82) is 0 Å². The Hall–Kier alpha value is -1.22. The summed E-state index contributed by atoms with van der Waals surface area (Å²) in [5.41, 5.74) is 1.01. The van der Waals surface area contributed by atoms with Crippen LogP contribution in [-0.4, -0.2) is 29.9 Å². The van der Waals surface area contributed by atoms with E-state index in [2.05, 4.69) is 17.1 Å². The molecule has 1 aliphatic rings. The SMILES string of the molecule is CCC1CCCCN1C(=O)CNc1ccccc1.Cl. The maximum Gasteiger partial charge on any atom is 0.242 e. The van der Waals surface area contributed by atoms with Crippen LogP contribution in [0.3, 0.4) is 0 Å². The Morgan fingerprint density at radius 2 is 2.05 bits per heavy atom. The third-order valence-corrected chi connectivity index (χ3v) is 3.64. The third kappa shape index (κ3) is 4.43. The number of nitrogens with one attached hydrogen (secondary N) is 1. The number of hydrogen-bond donors (Lipinski definition) is 1. The first-order chi connectivity index (χ1) is 8.81. The molecule has 1 saturated heterocycles. The molecule has 19 heavy (non-hydrogen) atoms. The lowest BCUT2D eigenvalue weighted by atomic mass is 10.00. The molecule has 1 atom stereocenters. The van der Waals surface area contributed by atoms with E-state index in [0.717, 1.165) is 31.5 Å². The van der Waals surface area contributed by atoms with Gasteiger partial charge in [-0.05, 0) is 37.8 Å². The summed E-state index contributed by atoms with van der Waals surface area (Å²) in [6.45, 7) is 3.50. The maximum absolute atomic E-state index is 12.2. The first kappa shape index (κ1) is 15.8. The van der Waals surface area contributed by atoms with Crippen LogP contribution in [0.25, 0.3) is 0 Å². The van der Waals surface area contributed by atoms with E-state index in [9.17, 15) is 4.79 Å². The van der Waals surface area contributed by atoms with Crippen LogP contribution in [0, 0.1) is 0 Å². The van der Waals surface area contributed by atoms with Gasteiger partial charge in [0, 0.05) is 18.3 Å². The van der Waals surface area contributed by atoms with Crippen molar-refractivity contribution in [2.24, 2.45) is 0 Å². The Morgan fingerprint density at radius 3 is 2.74 bits per heavy atom. The number of piperidine rings is 1. The first-order valence-electron chi connectivity index (χ1n) is 6.89. The molecule has 4 heteroatoms. The van der Waals surface area contributed by atoms with Gasteiger partial charge in [0.05, 0.1) is 6.54 Å². The lowest BCUT2D eigenvalue weighted by Crippen LogP contribution is -2.45. The van der Waals surface area contributed by atoms with E-state index in [1.54, 1.807) is 0 Å². The summed E-state index contributed by atoms with van der Waals surface area (Å²) in [5.74, 6) is 0.227. The van der Waals surface area contributed by atoms with E-state index in [1.165, 1.54) is 6.42 Å². The number of benzene rings is 1. The predicted octanol–water partition coefficient (Wildman–Crippen LogP) is 3.31. The van der Waals surface area contributed by atoms with Crippen LogP contribution in [0.2, 0.25) is 0 Å². The third-order valence-electron chi connectivity index (χ3n) is 3.64. The fraction of sp³-hybridized carbons (Fsp3) is 0.533. The molecule has 0 radical (unpaired) electrons. The topological polar surface area (TPSA) is 32.3 Å². The lowest BCUT2D eigenvalue weighted by Gasteiger charge is -2.35. The lowest BCUT2D eigenvalue weighted by molar-refractivity contribution is -0.133. The summed E-state index contributed by atoms with van der Waals surface area (Å²) < 4.78 is 0. The van der Waals surface area contributed by atoms with Gasteiger partial charge in [-0.2, -0.15) is 0 Å². The van der Waals surface area contributed by atoms with Gasteiger partial charge in [-0.25, -0.2) is 0 Å². The molecule has 1 amide bonds. The normalized spacial score (nSPS) is 18.6. The van der Waals surface area contributed by atoms with Crippen molar-refractivity contribution in [3.05, 3.63) is 30.3 Å². The van der Waals surface area contributed by atoms with Gasteiger partial charge >= 0.3 is 0 Å². The van der Waals surface area contributed by atoms with Gasteiger partial charge in [-0.1, -0.05) is 25.1 Å². The molecule has 0 spiro atoms. The Labute approximate surface area is 121 Å². The predicted molar refractivity (Wildman–Crippen MR) is 81.8 cm³/mol. The Bertz CT molecular complexity index is 383. The van der Waals surface area contributed by atoms with Crippen LogP contribution in [-0.2, 0) is 4.79 Å². The summed E-state index contributed by atoms with van der Waals surface area (Å²) in [6.07, 6.45) is 4.63. The Kier molecular flexibility index (Phi) is 6.71. The molecule has 1 aliphatic heterocycles. The van der Waals surface area contributed by atoms with Gasteiger partial charge in [-0.3, -0.25) is 4.79 Å². The molecule has 3 nitrogen and oxygen atoms in total. The number of rotatable bonds is 4. The quantitative estimate of drug-likeness (QED) is 0.919. The molecule has 2 rings (SSSR count). The van der Waals surface area contributed by atoms with Crippen molar-refractivity contribution in [2.75, 3.05) is 18.4 Å². The highest BCUT2D eigenvalue weighted by Crippen LogP contribution is 2.19. The van der Waals surface area contributed by atoms with Gasteiger partial charge in [0.25, 0.3) is 0 Å². The van der Waals surface area contributed by atoms with Gasteiger partial charge in [0.15, 0.2) is 0 Å². The smallest absolute Gasteiger partial charge is 0.242 e. The number of carbonyl (C=O) groups is 1. The monoisotopic (exact) mass is 282 g/mol. The molecule has 106 valence electrons. The van der Waals surface area contributed by atoms with Crippen molar-refractivity contribution in [3.63, 3.8) is 0 Å². The van der Waals surface area contributed by atoms with Gasteiger partial charge in [0.1, 0.15) is 0 Å². The largest absolute Gasteiger partial charge is 0.376 e. The average molecular weight is 283 g/mol. The summed E-state index contributed by atoms with van der Waals surface area (Å²) in [4.78, 5) is 14.3. The second kappa shape index (κ2) is 8.05. The minimum absolute atomic E-state index is 0. The second-order valence-corrected chi connectivity index (χ2v) is 4.86. The number of para-hydroxylation sites is 1. The molecule has 1 aromatic rings. The fourth-order valence-electron chi connectivity index (χ4n) is 2.59. The van der Waals surface area contributed by atoms with Crippen molar-refractivity contribution in [2.45, 2.75) is 38.6 Å².